The number of rotatable bonds is 1. The minimum Gasteiger partial charge on any atom is -0.0622 e. The van der Waals surface area contributed by atoms with Crippen molar-refractivity contribution in [3.8, 4) is 0 Å². The molecule has 3 rings (SSSR count). The molecule has 0 nitrogen and oxygen atoms in total. The minimum absolute atomic E-state index is 0.330. The summed E-state index contributed by atoms with van der Waals surface area (Å²) in [6.07, 6.45) is 9.19. The summed E-state index contributed by atoms with van der Waals surface area (Å²) in [5.74, 6) is 0. The molecule has 0 amide bonds. The van der Waals surface area contributed by atoms with Crippen LogP contribution in [0.3, 0.4) is 0 Å². The highest BCUT2D eigenvalue weighted by molar-refractivity contribution is 5.79. The van der Waals surface area contributed by atoms with E-state index in [-0.39, 0.29) is 0 Å². The zero-order valence-corrected chi connectivity index (χ0v) is 10.5. The lowest BCUT2D eigenvalue weighted by Crippen LogP contribution is -2.20. The van der Waals surface area contributed by atoms with Crippen LogP contribution in [0.4, 0.5) is 0 Å². The van der Waals surface area contributed by atoms with Gasteiger partial charge in [0.1, 0.15) is 0 Å². The molecule has 0 spiro atoms. The van der Waals surface area contributed by atoms with Crippen LogP contribution in [0, 0.1) is 5.41 Å². The summed E-state index contributed by atoms with van der Waals surface area (Å²) >= 11 is 0. The van der Waals surface area contributed by atoms with Gasteiger partial charge in [-0.05, 0) is 40.5 Å². The fourth-order valence-electron chi connectivity index (χ4n) is 2.92. The van der Waals surface area contributed by atoms with Crippen LogP contribution in [-0.2, 0) is 0 Å². The van der Waals surface area contributed by atoms with Crippen LogP contribution in [0.15, 0.2) is 59.7 Å². The van der Waals surface area contributed by atoms with Crippen LogP contribution in [0.5, 0.6) is 0 Å². The molecular weight excluding hydrogens is 204 g/mol. The number of benzene rings is 1. The molecule has 0 heterocycles. The molecule has 0 heteroatoms. The molecule has 0 aromatic heterocycles. The maximum Gasteiger partial charge on any atom is -0.00944 e. The molecule has 1 aromatic rings. The summed E-state index contributed by atoms with van der Waals surface area (Å²) in [4.78, 5) is 0. The van der Waals surface area contributed by atoms with E-state index in [4.69, 9.17) is 0 Å². The largest absolute Gasteiger partial charge is 0.0622 e. The molecule has 0 atom stereocenters. The smallest absolute Gasteiger partial charge is 0.00944 e. The topological polar surface area (TPSA) is 0 Å². The van der Waals surface area contributed by atoms with Gasteiger partial charge in [0.15, 0.2) is 0 Å². The molecule has 17 heavy (non-hydrogen) atoms. The highest BCUT2D eigenvalue weighted by Gasteiger charge is 2.32. The molecule has 0 aliphatic heterocycles. The fraction of sp³-hybridized carbons (Fsp3) is 0.294. The van der Waals surface area contributed by atoms with E-state index in [9.17, 15) is 0 Å². The third-order valence-electron chi connectivity index (χ3n) is 3.99. The van der Waals surface area contributed by atoms with E-state index < -0.39 is 0 Å². The Bertz CT molecular complexity index is 524. The number of hydrogen-bond acceptors (Lipinski definition) is 0. The Hall–Kier alpha value is -1.56. The highest BCUT2D eigenvalue weighted by Crippen LogP contribution is 2.48. The second kappa shape index (κ2) is 3.73. The van der Waals surface area contributed by atoms with Crippen molar-refractivity contribution >= 4 is 5.57 Å². The van der Waals surface area contributed by atoms with Crippen LogP contribution in [0.25, 0.3) is 5.57 Å². The number of allylic oxidation sites excluding steroid dienone is 6. The second-order valence-electron chi connectivity index (χ2n) is 5.58. The van der Waals surface area contributed by atoms with Gasteiger partial charge >= 0.3 is 0 Å². The molecule has 2 aliphatic carbocycles. The van der Waals surface area contributed by atoms with Gasteiger partial charge in [0.2, 0.25) is 0 Å². The maximum absolute atomic E-state index is 2.35. The van der Waals surface area contributed by atoms with Crippen molar-refractivity contribution in [3.05, 3.63) is 65.3 Å². The molecule has 1 aromatic carbocycles. The van der Waals surface area contributed by atoms with Crippen molar-refractivity contribution in [1.82, 2.24) is 0 Å². The summed E-state index contributed by atoms with van der Waals surface area (Å²) in [7, 11) is 0. The summed E-state index contributed by atoms with van der Waals surface area (Å²) in [5, 5.41) is 0. The summed E-state index contributed by atoms with van der Waals surface area (Å²) < 4.78 is 0. The first-order valence-corrected chi connectivity index (χ1v) is 6.36. The van der Waals surface area contributed by atoms with E-state index in [1.807, 2.05) is 0 Å². The Labute approximate surface area is 103 Å². The van der Waals surface area contributed by atoms with Gasteiger partial charge in [-0.2, -0.15) is 0 Å². The van der Waals surface area contributed by atoms with Crippen molar-refractivity contribution in [2.45, 2.75) is 26.7 Å². The van der Waals surface area contributed by atoms with E-state index in [0.29, 0.717) is 5.41 Å². The molecule has 86 valence electrons. The monoisotopic (exact) mass is 222 g/mol. The van der Waals surface area contributed by atoms with Crippen LogP contribution < -0.4 is 0 Å². The van der Waals surface area contributed by atoms with Gasteiger partial charge in [-0.15, -0.1) is 0 Å². The van der Waals surface area contributed by atoms with E-state index in [1.54, 1.807) is 0 Å². The molecule has 0 N–H and O–H groups in total. The van der Waals surface area contributed by atoms with Gasteiger partial charge < -0.3 is 0 Å². The van der Waals surface area contributed by atoms with Crippen molar-refractivity contribution in [2.75, 3.05) is 0 Å². The lowest BCUT2D eigenvalue weighted by molar-refractivity contribution is 0.412. The Morgan fingerprint density at radius 2 is 1.82 bits per heavy atom. The molecule has 0 unspecified atom stereocenters. The normalized spacial score (nSPS) is 21.4. The van der Waals surface area contributed by atoms with E-state index in [0.717, 1.165) is 0 Å². The SMILES string of the molecule is CC1(C)CCC(c2ccccc2)=C2C=CC=C21. The lowest BCUT2D eigenvalue weighted by atomic mass is 9.70. The molecule has 0 radical (unpaired) electrons. The summed E-state index contributed by atoms with van der Waals surface area (Å²) in [6, 6.07) is 10.8. The molecular formula is C17H18. The Morgan fingerprint density at radius 3 is 2.59 bits per heavy atom. The average molecular weight is 222 g/mol. The maximum atomic E-state index is 2.35. The van der Waals surface area contributed by atoms with Gasteiger partial charge in [0.05, 0.1) is 0 Å². The Kier molecular flexibility index (Phi) is 2.32. The zero-order valence-electron chi connectivity index (χ0n) is 10.5. The molecule has 0 saturated heterocycles. The van der Waals surface area contributed by atoms with Crippen molar-refractivity contribution in [2.24, 2.45) is 5.41 Å². The van der Waals surface area contributed by atoms with Crippen molar-refractivity contribution in [1.29, 1.82) is 0 Å². The van der Waals surface area contributed by atoms with E-state index >= 15 is 0 Å². The van der Waals surface area contributed by atoms with Crippen LogP contribution >= 0.6 is 0 Å². The zero-order chi connectivity index (χ0) is 11.9. The lowest BCUT2D eigenvalue weighted by Gasteiger charge is -2.34. The first-order valence-electron chi connectivity index (χ1n) is 6.36. The van der Waals surface area contributed by atoms with Crippen molar-refractivity contribution < 1.29 is 0 Å². The van der Waals surface area contributed by atoms with Crippen LogP contribution in [0.2, 0.25) is 0 Å². The van der Waals surface area contributed by atoms with Crippen LogP contribution in [0.1, 0.15) is 32.3 Å². The van der Waals surface area contributed by atoms with Crippen LogP contribution in [-0.4, -0.2) is 0 Å². The van der Waals surface area contributed by atoms with Gasteiger partial charge in [-0.25, -0.2) is 0 Å². The van der Waals surface area contributed by atoms with Crippen molar-refractivity contribution in [3.63, 3.8) is 0 Å². The van der Waals surface area contributed by atoms with Gasteiger partial charge in [0, 0.05) is 0 Å². The molecule has 0 bridgehead atoms. The predicted octanol–water partition coefficient (Wildman–Crippen LogP) is 4.76. The predicted molar refractivity (Wildman–Crippen MR) is 73.6 cm³/mol. The Balaban J connectivity index is 2.13. The van der Waals surface area contributed by atoms with Gasteiger partial charge in [-0.3, -0.25) is 0 Å². The fourth-order valence-corrected chi connectivity index (χ4v) is 2.92. The molecule has 2 aliphatic rings. The first-order chi connectivity index (χ1) is 8.18. The summed E-state index contributed by atoms with van der Waals surface area (Å²) in [5.41, 5.74) is 6.22. The Morgan fingerprint density at radius 1 is 1.06 bits per heavy atom. The third kappa shape index (κ3) is 1.68. The minimum atomic E-state index is 0.330. The van der Waals surface area contributed by atoms with E-state index in [2.05, 4.69) is 62.4 Å². The molecule has 0 fully saturated rings. The van der Waals surface area contributed by atoms with Gasteiger partial charge in [-0.1, -0.05) is 62.4 Å². The quantitative estimate of drug-likeness (QED) is 0.643. The first kappa shape index (κ1) is 10.6. The summed E-state index contributed by atoms with van der Waals surface area (Å²) in [6.45, 7) is 4.71. The third-order valence-corrected chi connectivity index (χ3v) is 3.99. The highest BCUT2D eigenvalue weighted by atomic mass is 14.4. The van der Waals surface area contributed by atoms with E-state index in [1.165, 1.54) is 35.1 Å². The average Bonchev–Trinajstić information content (AvgIpc) is 2.81. The number of fused-ring (bicyclic) bond motifs is 1. The molecule has 0 saturated carbocycles. The second-order valence-corrected chi connectivity index (χ2v) is 5.58. The number of hydrogen-bond donors (Lipinski definition) is 0. The standard InChI is InChI=1S/C17H18/c1-17(2)12-11-14(13-7-4-3-5-8-13)15-9-6-10-16(15)17/h3-10H,11-12H2,1-2H3. The van der Waals surface area contributed by atoms with Gasteiger partial charge in [0.25, 0.3) is 0 Å².